The summed E-state index contributed by atoms with van der Waals surface area (Å²) in [6.45, 7) is 4.90. The van der Waals surface area contributed by atoms with Crippen LogP contribution in [-0.2, 0) is 17.7 Å². The van der Waals surface area contributed by atoms with Gasteiger partial charge in [0.1, 0.15) is 5.56 Å². The predicted molar refractivity (Wildman–Crippen MR) is 117 cm³/mol. The minimum atomic E-state index is -0.311. The molecular formula is C24H31N3O3. The van der Waals surface area contributed by atoms with Crippen LogP contribution in [0.1, 0.15) is 47.2 Å². The van der Waals surface area contributed by atoms with Crippen LogP contribution in [0, 0.1) is 6.92 Å². The molecule has 1 spiro atoms. The monoisotopic (exact) mass is 409 g/mol. The minimum Gasteiger partial charge on any atom is -0.373 e. The lowest BCUT2D eigenvalue weighted by Crippen LogP contribution is -2.60. The van der Waals surface area contributed by atoms with Crippen molar-refractivity contribution >= 4 is 5.91 Å². The van der Waals surface area contributed by atoms with E-state index in [0.29, 0.717) is 12.1 Å². The highest BCUT2D eigenvalue weighted by molar-refractivity contribution is 5.95. The van der Waals surface area contributed by atoms with Gasteiger partial charge in [-0.05, 0) is 69.3 Å². The van der Waals surface area contributed by atoms with Crippen molar-refractivity contribution in [2.75, 3.05) is 19.7 Å². The highest BCUT2D eigenvalue weighted by Crippen LogP contribution is 2.33. The Morgan fingerprint density at radius 3 is 2.77 bits per heavy atom. The van der Waals surface area contributed by atoms with Gasteiger partial charge in [-0.2, -0.15) is 0 Å². The maximum atomic E-state index is 13.2. The first-order valence-corrected chi connectivity index (χ1v) is 11.0. The number of amides is 1. The van der Waals surface area contributed by atoms with Gasteiger partial charge in [-0.15, -0.1) is 0 Å². The number of nitrogens with zero attached hydrogens (tertiary/aromatic N) is 1. The number of benzene rings is 1. The molecule has 0 saturated carbocycles. The maximum absolute atomic E-state index is 13.2. The Bertz CT molecular complexity index is 924. The van der Waals surface area contributed by atoms with Gasteiger partial charge < -0.3 is 19.9 Å². The largest absolute Gasteiger partial charge is 0.373 e. The second-order valence-corrected chi connectivity index (χ2v) is 8.44. The summed E-state index contributed by atoms with van der Waals surface area (Å²) in [5.74, 6) is -0.278. The Kier molecular flexibility index (Phi) is 6.35. The first-order valence-electron chi connectivity index (χ1n) is 11.0. The van der Waals surface area contributed by atoms with E-state index in [1.165, 1.54) is 5.56 Å². The van der Waals surface area contributed by atoms with Crippen LogP contribution in [0.3, 0.4) is 0 Å². The van der Waals surface area contributed by atoms with Crippen LogP contribution in [0.5, 0.6) is 0 Å². The Labute approximate surface area is 177 Å². The number of pyridine rings is 1. The standard InChI is InChI=1S/C24H31N3O3/c1-18-9-15-27(16-10-19-6-3-2-4-7-19)23(29)21(18)22(28)26-20-8-5-17-30-24(20)11-13-25-14-12-24/h2-4,6-7,9,15,20,25H,5,8,10-14,16-17H2,1H3,(H,26,28). The van der Waals surface area contributed by atoms with Crippen LogP contribution in [0.2, 0.25) is 0 Å². The number of carbonyl (C=O) groups excluding carboxylic acids is 1. The highest BCUT2D eigenvalue weighted by atomic mass is 16.5. The van der Waals surface area contributed by atoms with Crippen molar-refractivity contribution in [2.45, 2.75) is 57.2 Å². The molecule has 1 atom stereocenters. The maximum Gasteiger partial charge on any atom is 0.263 e. The number of rotatable bonds is 5. The molecule has 2 aromatic rings. The molecule has 6 nitrogen and oxygen atoms in total. The molecule has 2 aliphatic heterocycles. The van der Waals surface area contributed by atoms with E-state index >= 15 is 0 Å². The third-order valence-corrected chi connectivity index (χ3v) is 6.50. The highest BCUT2D eigenvalue weighted by Gasteiger charge is 2.43. The van der Waals surface area contributed by atoms with Gasteiger partial charge in [-0.3, -0.25) is 9.59 Å². The molecule has 2 saturated heterocycles. The van der Waals surface area contributed by atoms with Crippen LogP contribution >= 0.6 is 0 Å². The Hall–Kier alpha value is -2.44. The van der Waals surface area contributed by atoms with Gasteiger partial charge in [-0.1, -0.05) is 30.3 Å². The number of aryl methyl sites for hydroxylation is 3. The third-order valence-electron chi connectivity index (χ3n) is 6.50. The summed E-state index contributed by atoms with van der Waals surface area (Å²) in [6, 6.07) is 11.9. The van der Waals surface area contributed by atoms with E-state index in [1.807, 2.05) is 43.3 Å². The summed E-state index contributed by atoms with van der Waals surface area (Å²) in [6.07, 6.45) is 6.11. The molecule has 30 heavy (non-hydrogen) atoms. The van der Waals surface area contributed by atoms with E-state index in [4.69, 9.17) is 4.74 Å². The summed E-state index contributed by atoms with van der Waals surface area (Å²) in [4.78, 5) is 26.3. The van der Waals surface area contributed by atoms with Crippen LogP contribution < -0.4 is 16.2 Å². The predicted octanol–water partition coefficient (Wildman–Crippen LogP) is 2.43. The van der Waals surface area contributed by atoms with Crippen molar-refractivity contribution in [2.24, 2.45) is 0 Å². The lowest BCUT2D eigenvalue weighted by Gasteiger charge is -2.46. The van der Waals surface area contributed by atoms with Crippen LogP contribution in [0.25, 0.3) is 0 Å². The summed E-state index contributed by atoms with van der Waals surface area (Å²) in [5.41, 5.74) is 1.60. The van der Waals surface area contributed by atoms with Gasteiger partial charge in [0.05, 0.1) is 11.6 Å². The number of piperidine rings is 1. The molecule has 6 heteroatoms. The third kappa shape index (κ3) is 4.35. The number of aromatic nitrogens is 1. The van der Waals surface area contributed by atoms with E-state index in [2.05, 4.69) is 10.6 Å². The molecule has 1 unspecified atom stereocenters. The molecule has 1 aromatic heterocycles. The molecule has 4 rings (SSSR count). The molecule has 3 heterocycles. The van der Waals surface area contributed by atoms with Crippen LogP contribution in [0.4, 0.5) is 0 Å². The number of hydrogen-bond acceptors (Lipinski definition) is 4. The molecule has 0 radical (unpaired) electrons. The Morgan fingerprint density at radius 1 is 1.23 bits per heavy atom. The van der Waals surface area contributed by atoms with Crippen molar-refractivity contribution in [3.8, 4) is 0 Å². The molecule has 0 bridgehead atoms. The fraction of sp³-hybridized carbons (Fsp3) is 0.500. The first kappa shape index (κ1) is 20.8. The summed E-state index contributed by atoms with van der Waals surface area (Å²) in [7, 11) is 0. The normalized spacial score (nSPS) is 20.8. The number of ether oxygens (including phenoxy) is 1. The molecule has 1 aromatic carbocycles. The summed E-state index contributed by atoms with van der Waals surface area (Å²) in [5, 5.41) is 6.54. The molecule has 2 N–H and O–H groups in total. The van der Waals surface area contributed by atoms with Crippen molar-refractivity contribution in [1.82, 2.24) is 15.2 Å². The van der Waals surface area contributed by atoms with E-state index in [1.54, 1.807) is 10.8 Å². The van der Waals surface area contributed by atoms with Gasteiger partial charge in [0.25, 0.3) is 11.5 Å². The number of nitrogens with one attached hydrogen (secondary N) is 2. The van der Waals surface area contributed by atoms with Gasteiger partial charge in [-0.25, -0.2) is 0 Å². The van der Waals surface area contributed by atoms with Gasteiger partial charge in [0.2, 0.25) is 0 Å². The second kappa shape index (κ2) is 9.14. The number of hydrogen-bond donors (Lipinski definition) is 2. The average molecular weight is 410 g/mol. The Balaban J connectivity index is 1.52. The zero-order valence-corrected chi connectivity index (χ0v) is 17.7. The van der Waals surface area contributed by atoms with Gasteiger partial charge >= 0.3 is 0 Å². The van der Waals surface area contributed by atoms with Crippen molar-refractivity contribution < 1.29 is 9.53 Å². The van der Waals surface area contributed by atoms with E-state index in [-0.39, 0.29) is 28.7 Å². The SMILES string of the molecule is Cc1ccn(CCc2ccccc2)c(=O)c1C(=O)NC1CCCOC12CCNCC2. The fourth-order valence-corrected chi connectivity index (χ4v) is 4.71. The lowest BCUT2D eigenvalue weighted by molar-refractivity contribution is -0.114. The summed E-state index contributed by atoms with van der Waals surface area (Å²) < 4.78 is 7.83. The zero-order chi connectivity index (χ0) is 21.0. The molecule has 2 fully saturated rings. The molecule has 2 aliphatic rings. The molecule has 160 valence electrons. The van der Waals surface area contributed by atoms with Gasteiger partial charge in [0.15, 0.2) is 0 Å². The quantitative estimate of drug-likeness (QED) is 0.796. The minimum absolute atomic E-state index is 0.0578. The fourth-order valence-electron chi connectivity index (χ4n) is 4.71. The van der Waals surface area contributed by atoms with Crippen molar-refractivity contribution in [1.29, 1.82) is 0 Å². The topological polar surface area (TPSA) is 72.4 Å². The van der Waals surface area contributed by atoms with Crippen molar-refractivity contribution in [3.63, 3.8) is 0 Å². The van der Waals surface area contributed by atoms with Gasteiger partial charge in [0, 0.05) is 19.3 Å². The van der Waals surface area contributed by atoms with E-state index in [9.17, 15) is 9.59 Å². The lowest BCUT2D eigenvalue weighted by atomic mass is 9.80. The van der Waals surface area contributed by atoms with Crippen LogP contribution in [-0.4, -0.2) is 41.8 Å². The number of carbonyl (C=O) groups is 1. The molecular weight excluding hydrogens is 378 g/mol. The Morgan fingerprint density at radius 2 is 2.00 bits per heavy atom. The second-order valence-electron chi connectivity index (χ2n) is 8.44. The first-order chi connectivity index (χ1) is 14.6. The van der Waals surface area contributed by atoms with Crippen LogP contribution in [0.15, 0.2) is 47.4 Å². The van der Waals surface area contributed by atoms with E-state index in [0.717, 1.165) is 51.8 Å². The summed E-state index contributed by atoms with van der Waals surface area (Å²) >= 11 is 0. The van der Waals surface area contributed by atoms with E-state index < -0.39 is 0 Å². The zero-order valence-electron chi connectivity index (χ0n) is 17.7. The average Bonchev–Trinajstić information content (AvgIpc) is 2.76. The smallest absolute Gasteiger partial charge is 0.263 e. The van der Waals surface area contributed by atoms with Crippen molar-refractivity contribution in [3.05, 3.63) is 69.6 Å². The molecule has 0 aliphatic carbocycles. The molecule has 1 amide bonds.